The average molecular weight is 285 g/mol. The molecule has 0 radical (unpaired) electrons. The lowest BCUT2D eigenvalue weighted by Gasteiger charge is -2.22. The van der Waals surface area contributed by atoms with Crippen LogP contribution >= 0.6 is 0 Å². The summed E-state index contributed by atoms with van der Waals surface area (Å²) in [6, 6.07) is 8.99. The maximum Gasteiger partial charge on any atom is 0.195 e. The van der Waals surface area contributed by atoms with E-state index in [2.05, 4.69) is 22.8 Å². The highest BCUT2D eigenvalue weighted by Crippen LogP contribution is 2.38. The van der Waals surface area contributed by atoms with Crippen molar-refractivity contribution in [2.45, 2.75) is 25.4 Å². The molecule has 1 aromatic heterocycles. The number of para-hydroxylation sites is 2. The van der Waals surface area contributed by atoms with E-state index >= 15 is 0 Å². The third-order valence-corrected chi connectivity index (χ3v) is 3.74. The number of imidazole rings is 1. The molecule has 0 unspecified atom stereocenters. The monoisotopic (exact) mass is 285 g/mol. The molecule has 5 nitrogen and oxygen atoms in total. The number of nitrogens with zero attached hydrogens (tertiary/aromatic N) is 5. The van der Waals surface area contributed by atoms with Crippen LogP contribution < -0.4 is 0 Å². The van der Waals surface area contributed by atoms with E-state index < -0.39 is 0 Å². The van der Waals surface area contributed by atoms with E-state index in [9.17, 15) is 0 Å². The van der Waals surface area contributed by atoms with E-state index in [-0.39, 0.29) is 0 Å². The molecule has 0 spiro atoms. The number of hydrogen-bond acceptors (Lipinski definition) is 2. The zero-order valence-corrected chi connectivity index (χ0v) is 13.2. The van der Waals surface area contributed by atoms with Gasteiger partial charge in [-0.3, -0.25) is 0 Å². The van der Waals surface area contributed by atoms with Gasteiger partial charge in [-0.2, -0.15) is 0 Å². The fraction of sp³-hybridized carbons (Fsp3) is 0.500. The number of rotatable bonds is 3. The molecule has 1 saturated carbocycles. The lowest BCUT2D eigenvalue weighted by atomic mass is 10.3. The van der Waals surface area contributed by atoms with Gasteiger partial charge in [-0.05, 0) is 25.0 Å². The molecule has 112 valence electrons. The Labute approximate surface area is 125 Å². The minimum atomic E-state index is 0.616. The first-order valence-electron chi connectivity index (χ1n) is 7.43. The Morgan fingerprint density at radius 2 is 1.86 bits per heavy atom. The molecule has 5 heteroatoms. The van der Waals surface area contributed by atoms with Crippen LogP contribution in [0, 0.1) is 0 Å². The molecule has 0 atom stereocenters. The van der Waals surface area contributed by atoms with Gasteiger partial charge in [0.25, 0.3) is 0 Å². The molecule has 3 rings (SSSR count). The lowest BCUT2D eigenvalue weighted by molar-refractivity contribution is 0.478. The highest BCUT2D eigenvalue weighted by atomic mass is 15.3. The van der Waals surface area contributed by atoms with Crippen LogP contribution in [-0.4, -0.2) is 53.5 Å². The predicted octanol–water partition coefficient (Wildman–Crippen LogP) is 2.35. The second kappa shape index (κ2) is 5.39. The molecule has 1 aliphatic carbocycles. The molecule has 0 aliphatic heterocycles. The Kier molecular flexibility index (Phi) is 3.57. The number of guanidine groups is 1. The number of fused-ring (bicyclic) bond motifs is 1. The maximum atomic E-state index is 4.78. The number of aliphatic imine (C=N–C) groups is 1. The normalized spacial score (nSPS) is 14.3. The van der Waals surface area contributed by atoms with Crippen molar-refractivity contribution >= 4 is 17.0 Å². The Morgan fingerprint density at radius 1 is 1.19 bits per heavy atom. The van der Waals surface area contributed by atoms with Crippen LogP contribution in [0.5, 0.6) is 0 Å². The summed E-state index contributed by atoms with van der Waals surface area (Å²) in [6.07, 6.45) is 2.51. The highest BCUT2D eigenvalue weighted by molar-refractivity contribution is 5.79. The molecular weight excluding hydrogens is 262 g/mol. The van der Waals surface area contributed by atoms with Gasteiger partial charge in [0.15, 0.2) is 5.96 Å². The van der Waals surface area contributed by atoms with Crippen LogP contribution in [0.2, 0.25) is 0 Å². The zero-order chi connectivity index (χ0) is 15.0. The molecule has 0 bridgehead atoms. The first-order chi connectivity index (χ1) is 10.1. The summed E-state index contributed by atoms with van der Waals surface area (Å²) >= 11 is 0. The largest absolute Gasteiger partial charge is 0.349 e. The fourth-order valence-corrected chi connectivity index (χ4v) is 2.77. The van der Waals surface area contributed by atoms with E-state index in [1.807, 2.05) is 44.1 Å². The molecule has 1 heterocycles. The summed E-state index contributed by atoms with van der Waals surface area (Å²) in [5.74, 6) is 2.03. The maximum absolute atomic E-state index is 4.78. The van der Waals surface area contributed by atoms with Crippen molar-refractivity contribution in [3.8, 4) is 0 Å². The van der Waals surface area contributed by atoms with Gasteiger partial charge in [0.05, 0.1) is 11.0 Å². The van der Waals surface area contributed by atoms with Crippen molar-refractivity contribution in [2.24, 2.45) is 4.99 Å². The molecule has 21 heavy (non-hydrogen) atoms. The van der Waals surface area contributed by atoms with Gasteiger partial charge in [0.2, 0.25) is 0 Å². The smallest absolute Gasteiger partial charge is 0.195 e. The quantitative estimate of drug-likeness (QED) is 0.641. The third-order valence-electron chi connectivity index (χ3n) is 3.74. The van der Waals surface area contributed by atoms with E-state index in [1.54, 1.807) is 0 Å². The summed E-state index contributed by atoms with van der Waals surface area (Å²) in [7, 11) is 8.07. The molecule has 1 aromatic carbocycles. The van der Waals surface area contributed by atoms with Crippen LogP contribution in [0.4, 0.5) is 0 Å². The summed E-state index contributed by atoms with van der Waals surface area (Å²) in [6.45, 7) is 0.622. The van der Waals surface area contributed by atoms with Crippen molar-refractivity contribution in [2.75, 3.05) is 28.2 Å². The molecule has 0 N–H and O–H groups in total. The van der Waals surface area contributed by atoms with Crippen LogP contribution in [0.25, 0.3) is 11.0 Å². The number of aromatic nitrogens is 2. The molecule has 0 amide bonds. The Balaban J connectivity index is 1.97. The van der Waals surface area contributed by atoms with Crippen LogP contribution in [-0.2, 0) is 6.54 Å². The van der Waals surface area contributed by atoms with Gasteiger partial charge in [0.1, 0.15) is 12.4 Å². The molecule has 0 saturated heterocycles. The van der Waals surface area contributed by atoms with E-state index in [0.717, 1.165) is 17.3 Å². The third kappa shape index (κ3) is 2.73. The first-order valence-corrected chi connectivity index (χ1v) is 7.43. The Bertz CT molecular complexity index is 654. The lowest BCUT2D eigenvalue weighted by Crippen LogP contribution is -2.35. The van der Waals surface area contributed by atoms with Crippen LogP contribution in [0.3, 0.4) is 0 Å². The molecule has 1 aliphatic rings. The van der Waals surface area contributed by atoms with E-state index in [0.29, 0.717) is 12.6 Å². The van der Waals surface area contributed by atoms with Crippen molar-refractivity contribution in [1.82, 2.24) is 19.4 Å². The fourth-order valence-electron chi connectivity index (χ4n) is 2.77. The summed E-state index contributed by atoms with van der Waals surface area (Å²) in [5, 5.41) is 0. The predicted molar refractivity (Wildman–Crippen MR) is 86.5 cm³/mol. The van der Waals surface area contributed by atoms with Crippen LogP contribution in [0.15, 0.2) is 29.3 Å². The molecule has 2 aromatic rings. The second-order valence-electron chi connectivity index (χ2n) is 6.02. The topological polar surface area (TPSA) is 36.7 Å². The van der Waals surface area contributed by atoms with Gasteiger partial charge in [-0.25, -0.2) is 9.98 Å². The van der Waals surface area contributed by atoms with Gasteiger partial charge in [0, 0.05) is 34.2 Å². The SMILES string of the molecule is CN(C)C(=NCc1nc2ccccc2n1C1CC1)N(C)C. The van der Waals surface area contributed by atoms with Crippen LogP contribution in [0.1, 0.15) is 24.7 Å². The highest BCUT2D eigenvalue weighted by Gasteiger charge is 2.27. The van der Waals surface area contributed by atoms with Crippen molar-refractivity contribution in [1.29, 1.82) is 0 Å². The minimum Gasteiger partial charge on any atom is -0.349 e. The standard InChI is InChI=1S/C16H23N5/c1-19(2)16(20(3)4)17-11-15-18-13-7-5-6-8-14(13)21(15)12-9-10-12/h5-8,12H,9-11H2,1-4H3. The summed E-state index contributed by atoms with van der Waals surface area (Å²) in [5.41, 5.74) is 2.31. The number of benzene rings is 1. The van der Waals surface area contributed by atoms with E-state index in [4.69, 9.17) is 9.98 Å². The van der Waals surface area contributed by atoms with E-state index in [1.165, 1.54) is 18.4 Å². The average Bonchev–Trinajstić information content (AvgIpc) is 3.19. The van der Waals surface area contributed by atoms with Crippen molar-refractivity contribution in [3.63, 3.8) is 0 Å². The Hall–Kier alpha value is -2.04. The first kappa shape index (κ1) is 13.9. The summed E-state index contributed by atoms with van der Waals surface area (Å²) < 4.78 is 2.38. The van der Waals surface area contributed by atoms with Crippen molar-refractivity contribution in [3.05, 3.63) is 30.1 Å². The minimum absolute atomic E-state index is 0.616. The van der Waals surface area contributed by atoms with Gasteiger partial charge >= 0.3 is 0 Å². The van der Waals surface area contributed by atoms with Gasteiger partial charge in [-0.1, -0.05) is 12.1 Å². The van der Waals surface area contributed by atoms with Crippen molar-refractivity contribution < 1.29 is 0 Å². The zero-order valence-electron chi connectivity index (χ0n) is 13.2. The molecular formula is C16H23N5. The second-order valence-corrected chi connectivity index (χ2v) is 6.02. The summed E-state index contributed by atoms with van der Waals surface area (Å²) in [4.78, 5) is 13.6. The Morgan fingerprint density at radius 3 is 2.48 bits per heavy atom. The number of hydrogen-bond donors (Lipinski definition) is 0. The molecule has 1 fully saturated rings. The van der Waals surface area contributed by atoms with Gasteiger partial charge in [-0.15, -0.1) is 0 Å². The van der Waals surface area contributed by atoms with Gasteiger partial charge < -0.3 is 14.4 Å².